The molecule has 0 aromatic rings. The van der Waals surface area contributed by atoms with E-state index in [9.17, 15) is 4.79 Å². The SMILES string of the molecule is CCCN1CCC(NC(=O)N(C)[C@@H]2CC[C@H](SCC)C2)CC1. The van der Waals surface area contributed by atoms with E-state index in [4.69, 9.17) is 0 Å². The number of hydrogen-bond donors (Lipinski definition) is 1. The van der Waals surface area contributed by atoms with E-state index in [2.05, 4.69) is 24.1 Å². The molecule has 1 saturated heterocycles. The van der Waals surface area contributed by atoms with Gasteiger partial charge in [-0.2, -0.15) is 11.8 Å². The highest BCUT2D eigenvalue weighted by Gasteiger charge is 2.31. The zero-order valence-corrected chi connectivity index (χ0v) is 15.3. The van der Waals surface area contributed by atoms with Crippen LogP contribution in [-0.4, -0.2) is 65.6 Å². The number of urea groups is 1. The molecule has 1 aliphatic carbocycles. The molecule has 0 aromatic carbocycles. The van der Waals surface area contributed by atoms with Crippen molar-refractivity contribution in [1.29, 1.82) is 0 Å². The third-order valence-electron chi connectivity index (χ3n) is 5.08. The molecule has 2 aliphatic rings. The summed E-state index contributed by atoms with van der Waals surface area (Å²) in [5.74, 6) is 1.18. The highest BCUT2D eigenvalue weighted by atomic mass is 32.2. The van der Waals surface area contributed by atoms with Gasteiger partial charge in [-0.15, -0.1) is 0 Å². The highest BCUT2D eigenvalue weighted by molar-refractivity contribution is 7.99. The lowest BCUT2D eigenvalue weighted by molar-refractivity contribution is 0.168. The van der Waals surface area contributed by atoms with Crippen molar-refractivity contribution in [3.63, 3.8) is 0 Å². The van der Waals surface area contributed by atoms with Crippen molar-refractivity contribution in [2.24, 2.45) is 0 Å². The zero-order valence-electron chi connectivity index (χ0n) is 14.5. The third-order valence-corrected chi connectivity index (χ3v) is 6.32. The lowest BCUT2D eigenvalue weighted by Gasteiger charge is -2.34. The Morgan fingerprint density at radius 3 is 2.59 bits per heavy atom. The summed E-state index contributed by atoms with van der Waals surface area (Å²) in [7, 11) is 1.98. The first-order valence-electron chi connectivity index (χ1n) is 9.01. The van der Waals surface area contributed by atoms with Crippen molar-refractivity contribution in [3.8, 4) is 0 Å². The first-order chi connectivity index (χ1) is 10.6. The predicted octanol–water partition coefficient (Wildman–Crippen LogP) is 3.18. The number of nitrogens with zero attached hydrogens (tertiary/aromatic N) is 2. The van der Waals surface area contributed by atoms with Gasteiger partial charge in [-0.3, -0.25) is 0 Å². The topological polar surface area (TPSA) is 35.6 Å². The van der Waals surface area contributed by atoms with Gasteiger partial charge in [0.25, 0.3) is 0 Å². The van der Waals surface area contributed by atoms with Gasteiger partial charge in [0, 0.05) is 37.5 Å². The van der Waals surface area contributed by atoms with E-state index in [0.717, 1.165) is 44.0 Å². The fraction of sp³-hybridized carbons (Fsp3) is 0.941. The maximum atomic E-state index is 12.5. The van der Waals surface area contributed by atoms with Gasteiger partial charge in [0.05, 0.1) is 0 Å². The molecule has 22 heavy (non-hydrogen) atoms. The fourth-order valence-corrected chi connectivity index (χ4v) is 4.85. The molecule has 2 rings (SSSR count). The van der Waals surface area contributed by atoms with E-state index in [0.29, 0.717) is 12.1 Å². The molecule has 0 aromatic heterocycles. The molecule has 1 N–H and O–H groups in total. The smallest absolute Gasteiger partial charge is 0.317 e. The van der Waals surface area contributed by atoms with Gasteiger partial charge in [-0.1, -0.05) is 13.8 Å². The summed E-state index contributed by atoms with van der Waals surface area (Å²) in [6.07, 6.45) is 7.00. The Morgan fingerprint density at radius 2 is 1.95 bits per heavy atom. The number of nitrogens with one attached hydrogen (secondary N) is 1. The van der Waals surface area contributed by atoms with Gasteiger partial charge in [0.1, 0.15) is 0 Å². The molecule has 2 amide bonds. The largest absolute Gasteiger partial charge is 0.335 e. The predicted molar refractivity (Wildman–Crippen MR) is 95.6 cm³/mol. The number of piperidine rings is 1. The van der Waals surface area contributed by atoms with Crippen LogP contribution in [-0.2, 0) is 0 Å². The zero-order chi connectivity index (χ0) is 15.9. The Labute approximate surface area is 140 Å². The van der Waals surface area contributed by atoms with Crippen LogP contribution in [0.1, 0.15) is 52.4 Å². The Hall–Kier alpha value is -0.420. The highest BCUT2D eigenvalue weighted by Crippen LogP contribution is 2.32. The standard InChI is InChI=1S/C17H33N3OS/c1-4-10-20-11-8-14(9-12-20)18-17(21)19(3)15-6-7-16(13-15)22-5-2/h14-16H,4-13H2,1-3H3,(H,18,21)/t15-,16+/m1/s1. The minimum Gasteiger partial charge on any atom is -0.335 e. The molecular weight excluding hydrogens is 294 g/mol. The Bertz CT molecular complexity index is 345. The van der Waals surface area contributed by atoms with Crippen LogP contribution in [0, 0.1) is 0 Å². The molecule has 2 fully saturated rings. The van der Waals surface area contributed by atoms with Crippen molar-refractivity contribution in [1.82, 2.24) is 15.1 Å². The molecule has 0 unspecified atom stereocenters. The summed E-state index contributed by atoms with van der Waals surface area (Å²) in [5.41, 5.74) is 0. The van der Waals surface area contributed by atoms with Crippen LogP contribution in [0.15, 0.2) is 0 Å². The molecule has 0 bridgehead atoms. The monoisotopic (exact) mass is 327 g/mol. The second-order valence-corrected chi connectivity index (χ2v) is 8.30. The molecular formula is C17H33N3OS. The molecule has 5 heteroatoms. The van der Waals surface area contributed by atoms with Crippen LogP contribution in [0.5, 0.6) is 0 Å². The third kappa shape index (κ3) is 5.05. The van der Waals surface area contributed by atoms with E-state index in [1.54, 1.807) is 0 Å². The van der Waals surface area contributed by atoms with Gasteiger partial charge < -0.3 is 15.1 Å². The van der Waals surface area contributed by atoms with Crippen molar-refractivity contribution in [2.75, 3.05) is 32.4 Å². The number of likely N-dealkylation sites (tertiary alicyclic amines) is 1. The summed E-state index contributed by atoms with van der Waals surface area (Å²) < 4.78 is 0. The minimum absolute atomic E-state index is 0.140. The van der Waals surface area contributed by atoms with Crippen LogP contribution in [0.25, 0.3) is 0 Å². The molecule has 1 saturated carbocycles. The summed E-state index contributed by atoms with van der Waals surface area (Å²) in [5, 5.41) is 4.01. The van der Waals surface area contributed by atoms with Gasteiger partial charge in [-0.25, -0.2) is 4.79 Å². The summed E-state index contributed by atoms with van der Waals surface area (Å²) in [6, 6.07) is 0.940. The molecule has 0 radical (unpaired) electrons. The van der Waals surface area contributed by atoms with Crippen LogP contribution in [0.4, 0.5) is 4.79 Å². The molecule has 2 atom stereocenters. The van der Waals surface area contributed by atoms with E-state index in [1.807, 2.05) is 23.7 Å². The lowest BCUT2D eigenvalue weighted by atomic mass is 10.1. The van der Waals surface area contributed by atoms with Gasteiger partial charge >= 0.3 is 6.03 Å². The Balaban J connectivity index is 1.71. The summed E-state index contributed by atoms with van der Waals surface area (Å²) in [6.45, 7) is 7.90. The molecule has 4 nitrogen and oxygen atoms in total. The number of thioether (sulfide) groups is 1. The quantitative estimate of drug-likeness (QED) is 0.814. The van der Waals surface area contributed by atoms with Crippen molar-refractivity contribution < 1.29 is 4.79 Å². The number of carbonyl (C=O) groups is 1. The first-order valence-corrected chi connectivity index (χ1v) is 10.1. The molecule has 1 heterocycles. The summed E-state index contributed by atoms with van der Waals surface area (Å²) >= 11 is 2.05. The van der Waals surface area contributed by atoms with E-state index in [-0.39, 0.29) is 6.03 Å². The van der Waals surface area contributed by atoms with E-state index in [1.165, 1.54) is 25.1 Å². The van der Waals surface area contributed by atoms with Crippen LogP contribution in [0.3, 0.4) is 0 Å². The minimum atomic E-state index is 0.140. The number of amides is 2. The summed E-state index contributed by atoms with van der Waals surface area (Å²) in [4.78, 5) is 16.9. The molecule has 1 aliphatic heterocycles. The maximum absolute atomic E-state index is 12.5. The van der Waals surface area contributed by atoms with Crippen LogP contribution in [0.2, 0.25) is 0 Å². The number of hydrogen-bond acceptors (Lipinski definition) is 3. The average Bonchev–Trinajstić information content (AvgIpc) is 2.98. The Morgan fingerprint density at radius 1 is 1.23 bits per heavy atom. The van der Waals surface area contributed by atoms with Gasteiger partial charge in [0.15, 0.2) is 0 Å². The van der Waals surface area contributed by atoms with Crippen LogP contribution >= 0.6 is 11.8 Å². The Kier molecular flexibility index (Phi) is 7.35. The normalized spacial score (nSPS) is 27.0. The second-order valence-electron chi connectivity index (χ2n) is 6.72. The fourth-order valence-electron chi connectivity index (χ4n) is 3.72. The van der Waals surface area contributed by atoms with E-state index < -0.39 is 0 Å². The van der Waals surface area contributed by atoms with Crippen LogP contribution < -0.4 is 5.32 Å². The molecule has 128 valence electrons. The van der Waals surface area contributed by atoms with Gasteiger partial charge in [0.2, 0.25) is 0 Å². The van der Waals surface area contributed by atoms with Crippen molar-refractivity contribution in [3.05, 3.63) is 0 Å². The van der Waals surface area contributed by atoms with E-state index >= 15 is 0 Å². The van der Waals surface area contributed by atoms with Crippen molar-refractivity contribution in [2.45, 2.75) is 69.7 Å². The van der Waals surface area contributed by atoms with Gasteiger partial charge in [-0.05, 0) is 50.8 Å². The number of rotatable bonds is 6. The average molecular weight is 328 g/mol. The van der Waals surface area contributed by atoms with Crippen molar-refractivity contribution >= 4 is 17.8 Å². The first kappa shape index (κ1) is 17.9. The molecule has 0 spiro atoms. The second kappa shape index (κ2) is 9.02. The number of carbonyl (C=O) groups excluding carboxylic acids is 1. The lowest BCUT2D eigenvalue weighted by Crippen LogP contribution is -2.50. The maximum Gasteiger partial charge on any atom is 0.317 e.